The van der Waals surface area contributed by atoms with Gasteiger partial charge in [0, 0.05) is 43.5 Å². The number of hydrogen-bond donors (Lipinski definition) is 0. The molecule has 0 aliphatic carbocycles. The lowest BCUT2D eigenvalue weighted by Crippen LogP contribution is -2.45. The number of nitrogens with zero attached hydrogens (tertiary/aromatic N) is 3. The molecule has 1 fully saturated rings. The molecule has 2 aliphatic rings. The third kappa shape index (κ3) is 3.58. The second kappa shape index (κ2) is 8.21. The summed E-state index contributed by atoms with van der Waals surface area (Å²) in [7, 11) is 0. The van der Waals surface area contributed by atoms with E-state index in [-0.39, 0.29) is 11.8 Å². The molecule has 0 spiro atoms. The monoisotopic (exact) mass is 389 g/mol. The summed E-state index contributed by atoms with van der Waals surface area (Å²) in [5.74, 6) is -0.494. The van der Waals surface area contributed by atoms with Crippen molar-refractivity contribution < 1.29 is 9.59 Å². The highest BCUT2D eigenvalue weighted by atomic mass is 16.2. The molecule has 2 aliphatic heterocycles. The molecule has 2 aromatic carbocycles. The van der Waals surface area contributed by atoms with Gasteiger partial charge in [-0.25, -0.2) is 4.90 Å². The van der Waals surface area contributed by atoms with Gasteiger partial charge in [0.15, 0.2) is 0 Å². The van der Waals surface area contributed by atoms with Gasteiger partial charge in [0.1, 0.15) is 0 Å². The number of likely N-dealkylation sites (N-methyl/N-ethyl adjacent to an activating group) is 1. The average molecular weight is 389 g/mol. The highest BCUT2D eigenvalue weighted by Gasteiger charge is 2.37. The van der Waals surface area contributed by atoms with Gasteiger partial charge in [0.05, 0.1) is 11.3 Å². The van der Waals surface area contributed by atoms with Crippen LogP contribution in [0.25, 0.3) is 5.57 Å². The highest BCUT2D eigenvalue weighted by Crippen LogP contribution is 2.34. The summed E-state index contributed by atoms with van der Waals surface area (Å²) in [6.07, 6.45) is 2.72. The standard InChI is InChI=1S/C24H27N3O2/c1-3-18-9-5-8-12-22(18)27-23(28)20-11-7-6-10-19(20)21(24(27)29)17-26-15-13-25(4-2)14-16-26/h5-12,17H,3-4,13-16H2,1-2H3. The van der Waals surface area contributed by atoms with Crippen LogP contribution in [0.4, 0.5) is 5.69 Å². The van der Waals surface area contributed by atoms with E-state index in [1.54, 1.807) is 0 Å². The van der Waals surface area contributed by atoms with Crippen LogP contribution in [-0.4, -0.2) is 54.3 Å². The fourth-order valence-electron chi connectivity index (χ4n) is 4.12. The van der Waals surface area contributed by atoms with E-state index in [2.05, 4.69) is 16.7 Å². The maximum Gasteiger partial charge on any atom is 0.267 e. The number of piperazine rings is 1. The van der Waals surface area contributed by atoms with Crippen molar-refractivity contribution in [3.63, 3.8) is 0 Å². The first-order chi connectivity index (χ1) is 14.1. The average Bonchev–Trinajstić information content (AvgIpc) is 2.77. The van der Waals surface area contributed by atoms with Crippen molar-refractivity contribution in [1.29, 1.82) is 0 Å². The zero-order valence-corrected chi connectivity index (χ0v) is 17.1. The van der Waals surface area contributed by atoms with E-state index in [9.17, 15) is 9.59 Å². The lowest BCUT2D eigenvalue weighted by atomic mass is 9.92. The summed E-state index contributed by atoms with van der Waals surface area (Å²) in [6, 6.07) is 15.1. The van der Waals surface area contributed by atoms with Gasteiger partial charge >= 0.3 is 0 Å². The molecule has 2 aromatic rings. The molecule has 4 rings (SSSR count). The second-order valence-electron chi connectivity index (χ2n) is 7.49. The number of carbonyl (C=O) groups is 2. The lowest BCUT2D eigenvalue weighted by molar-refractivity contribution is -0.112. The van der Waals surface area contributed by atoms with E-state index in [4.69, 9.17) is 0 Å². The van der Waals surface area contributed by atoms with Crippen molar-refractivity contribution in [1.82, 2.24) is 9.80 Å². The summed E-state index contributed by atoms with van der Waals surface area (Å²) in [4.78, 5) is 32.8. The number of aryl methyl sites for hydroxylation is 1. The van der Waals surface area contributed by atoms with Crippen molar-refractivity contribution in [2.75, 3.05) is 37.6 Å². The van der Waals surface area contributed by atoms with Crippen molar-refractivity contribution in [3.8, 4) is 0 Å². The fraction of sp³-hybridized carbons (Fsp3) is 0.333. The Morgan fingerprint density at radius 2 is 1.48 bits per heavy atom. The summed E-state index contributed by atoms with van der Waals surface area (Å²) < 4.78 is 0. The summed E-state index contributed by atoms with van der Waals surface area (Å²) >= 11 is 0. The van der Waals surface area contributed by atoms with Gasteiger partial charge in [-0.05, 0) is 30.7 Å². The Bertz CT molecular complexity index is 958. The van der Waals surface area contributed by atoms with Gasteiger partial charge in [0.2, 0.25) is 0 Å². The first-order valence-electron chi connectivity index (χ1n) is 10.4. The van der Waals surface area contributed by atoms with Gasteiger partial charge in [0.25, 0.3) is 11.8 Å². The number of rotatable bonds is 4. The molecule has 0 atom stereocenters. The minimum Gasteiger partial charge on any atom is -0.374 e. The van der Waals surface area contributed by atoms with E-state index < -0.39 is 0 Å². The molecule has 0 radical (unpaired) electrons. The normalized spacial score (nSPS) is 19.0. The Morgan fingerprint density at radius 1 is 0.828 bits per heavy atom. The van der Waals surface area contributed by atoms with Crippen LogP contribution in [0.5, 0.6) is 0 Å². The molecule has 0 bridgehead atoms. The van der Waals surface area contributed by atoms with E-state index in [1.165, 1.54) is 4.90 Å². The zero-order valence-electron chi connectivity index (χ0n) is 17.1. The number of imide groups is 1. The Labute approximate surface area is 172 Å². The van der Waals surface area contributed by atoms with Crippen LogP contribution in [0.3, 0.4) is 0 Å². The molecule has 0 saturated carbocycles. The number of fused-ring (bicyclic) bond motifs is 1. The van der Waals surface area contributed by atoms with Gasteiger partial charge in [-0.2, -0.15) is 0 Å². The van der Waals surface area contributed by atoms with Crippen LogP contribution in [0.1, 0.15) is 35.3 Å². The number of carbonyl (C=O) groups excluding carboxylic acids is 2. The van der Waals surface area contributed by atoms with E-state index in [1.807, 2.05) is 61.7 Å². The predicted octanol–water partition coefficient (Wildman–Crippen LogP) is 3.41. The molecule has 0 unspecified atom stereocenters. The first-order valence-corrected chi connectivity index (χ1v) is 10.4. The smallest absolute Gasteiger partial charge is 0.267 e. The second-order valence-corrected chi connectivity index (χ2v) is 7.49. The Balaban J connectivity index is 1.77. The van der Waals surface area contributed by atoms with Crippen molar-refractivity contribution in [2.24, 2.45) is 0 Å². The van der Waals surface area contributed by atoms with Crippen LogP contribution in [0, 0.1) is 0 Å². The number of para-hydroxylation sites is 1. The molecular weight excluding hydrogens is 362 g/mol. The molecule has 1 saturated heterocycles. The quantitative estimate of drug-likeness (QED) is 0.594. The SMILES string of the molecule is CCc1ccccc1N1C(=O)C(=CN2CCN(CC)CC2)c2ccccc2C1=O. The van der Waals surface area contributed by atoms with E-state index in [0.29, 0.717) is 16.8 Å². The highest BCUT2D eigenvalue weighted by molar-refractivity contribution is 6.41. The zero-order chi connectivity index (χ0) is 20.4. The fourth-order valence-corrected chi connectivity index (χ4v) is 4.12. The van der Waals surface area contributed by atoms with Gasteiger partial charge in [-0.3, -0.25) is 9.59 Å². The molecule has 2 heterocycles. The van der Waals surface area contributed by atoms with Crippen LogP contribution in [-0.2, 0) is 11.2 Å². The molecule has 2 amide bonds. The van der Waals surface area contributed by atoms with Gasteiger partial charge in [-0.15, -0.1) is 0 Å². The number of anilines is 1. The molecule has 0 aromatic heterocycles. The van der Waals surface area contributed by atoms with Crippen LogP contribution in [0.15, 0.2) is 54.7 Å². The molecule has 0 N–H and O–H groups in total. The Hall–Kier alpha value is -2.92. The van der Waals surface area contributed by atoms with Crippen molar-refractivity contribution in [3.05, 3.63) is 71.4 Å². The molecule has 5 nitrogen and oxygen atoms in total. The van der Waals surface area contributed by atoms with Crippen LogP contribution >= 0.6 is 0 Å². The largest absolute Gasteiger partial charge is 0.374 e. The number of amides is 2. The number of benzene rings is 2. The van der Waals surface area contributed by atoms with Crippen molar-refractivity contribution in [2.45, 2.75) is 20.3 Å². The van der Waals surface area contributed by atoms with Gasteiger partial charge in [-0.1, -0.05) is 50.2 Å². The minimum absolute atomic E-state index is 0.243. The van der Waals surface area contributed by atoms with Crippen LogP contribution in [0.2, 0.25) is 0 Å². The van der Waals surface area contributed by atoms with E-state index in [0.717, 1.165) is 50.3 Å². The third-order valence-electron chi connectivity index (χ3n) is 5.86. The first kappa shape index (κ1) is 19.4. The maximum atomic E-state index is 13.6. The Morgan fingerprint density at radius 3 is 2.17 bits per heavy atom. The lowest BCUT2D eigenvalue weighted by Gasteiger charge is -2.35. The van der Waals surface area contributed by atoms with Gasteiger partial charge < -0.3 is 9.80 Å². The topological polar surface area (TPSA) is 43.9 Å². The molecule has 150 valence electrons. The number of hydrogen-bond acceptors (Lipinski definition) is 4. The molecule has 29 heavy (non-hydrogen) atoms. The minimum atomic E-state index is -0.251. The maximum absolute atomic E-state index is 13.6. The third-order valence-corrected chi connectivity index (χ3v) is 5.86. The molecule has 5 heteroatoms. The Kier molecular flexibility index (Phi) is 5.49. The van der Waals surface area contributed by atoms with E-state index >= 15 is 0 Å². The van der Waals surface area contributed by atoms with Crippen molar-refractivity contribution >= 4 is 23.1 Å². The summed E-state index contributed by atoms with van der Waals surface area (Å²) in [5.41, 5.74) is 3.57. The predicted molar refractivity (Wildman–Crippen MR) is 116 cm³/mol. The summed E-state index contributed by atoms with van der Waals surface area (Å²) in [6.45, 7) is 8.98. The van der Waals surface area contributed by atoms with Crippen LogP contribution < -0.4 is 4.90 Å². The summed E-state index contributed by atoms with van der Waals surface area (Å²) in [5, 5.41) is 0. The molecular formula is C24H27N3O2.